The lowest BCUT2D eigenvalue weighted by Crippen LogP contribution is -2.12. The van der Waals surface area contributed by atoms with Gasteiger partial charge in [-0.15, -0.1) is 0 Å². The molecule has 0 aromatic rings. The van der Waals surface area contributed by atoms with E-state index in [1.807, 2.05) is 0 Å². The molecule has 3 nitrogen and oxygen atoms in total. The highest BCUT2D eigenvalue weighted by molar-refractivity contribution is 5.83. The van der Waals surface area contributed by atoms with Crippen LogP contribution in [0.25, 0.3) is 5.53 Å². The highest BCUT2D eigenvalue weighted by Gasteiger charge is 2.20. The van der Waals surface area contributed by atoms with Crippen LogP contribution in [0.15, 0.2) is 5.11 Å². The van der Waals surface area contributed by atoms with E-state index in [1.165, 1.54) is 0 Å². The van der Waals surface area contributed by atoms with Crippen molar-refractivity contribution >= 4 is 5.78 Å². The number of hydrogen-bond donors (Lipinski definition) is 0. The second-order valence-electron chi connectivity index (χ2n) is 2.75. The normalized spacial score (nSPS) is 19.2. The molecule has 0 N–H and O–H groups in total. The fraction of sp³-hybridized carbons (Fsp3) is 0.857. The summed E-state index contributed by atoms with van der Waals surface area (Å²) < 4.78 is 0. The van der Waals surface area contributed by atoms with Crippen LogP contribution in [0, 0.1) is 5.92 Å². The third-order valence-corrected chi connectivity index (χ3v) is 2.04. The van der Waals surface area contributed by atoms with Crippen LogP contribution in [0.4, 0.5) is 0 Å². The van der Waals surface area contributed by atoms with Gasteiger partial charge in [-0.1, -0.05) is 12.8 Å². The predicted octanol–water partition coefficient (Wildman–Crippen LogP) is 1.77. The SMILES string of the molecule is [N-]=NCC(=O)C1CCCC1. The molecule has 0 amide bonds. The van der Waals surface area contributed by atoms with Crippen LogP contribution >= 0.6 is 0 Å². The summed E-state index contributed by atoms with van der Waals surface area (Å²) in [6.45, 7) is -0.00926. The number of carbonyl (C=O) groups excluding carboxylic acids is 1. The Morgan fingerprint density at radius 2 is 2.10 bits per heavy atom. The van der Waals surface area contributed by atoms with Crippen LogP contribution in [-0.4, -0.2) is 12.3 Å². The minimum Gasteiger partial charge on any atom is -0.712 e. The van der Waals surface area contributed by atoms with Crippen molar-refractivity contribution in [1.29, 1.82) is 0 Å². The van der Waals surface area contributed by atoms with Crippen molar-refractivity contribution in [3.63, 3.8) is 0 Å². The summed E-state index contributed by atoms with van der Waals surface area (Å²) in [4.78, 5) is 11.0. The van der Waals surface area contributed by atoms with Gasteiger partial charge < -0.3 is 10.6 Å². The second-order valence-corrected chi connectivity index (χ2v) is 2.75. The van der Waals surface area contributed by atoms with Crippen LogP contribution in [0.5, 0.6) is 0 Å². The first-order chi connectivity index (χ1) is 4.84. The highest BCUT2D eigenvalue weighted by Crippen LogP contribution is 2.25. The Balaban J connectivity index is 2.32. The highest BCUT2D eigenvalue weighted by atomic mass is 16.1. The molecular weight excluding hydrogens is 128 g/mol. The molecule has 0 atom stereocenters. The molecule has 1 aliphatic carbocycles. The maximum Gasteiger partial charge on any atom is 0.155 e. The topological polar surface area (TPSA) is 51.7 Å². The van der Waals surface area contributed by atoms with Crippen molar-refractivity contribution < 1.29 is 4.79 Å². The van der Waals surface area contributed by atoms with E-state index >= 15 is 0 Å². The lowest BCUT2D eigenvalue weighted by molar-refractivity contribution is -0.121. The van der Waals surface area contributed by atoms with Gasteiger partial charge >= 0.3 is 0 Å². The predicted molar refractivity (Wildman–Crippen MR) is 37.6 cm³/mol. The lowest BCUT2D eigenvalue weighted by atomic mass is 10.0. The first kappa shape index (κ1) is 7.38. The third-order valence-electron chi connectivity index (χ3n) is 2.04. The fourth-order valence-corrected chi connectivity index (χ4v) is 1.45. The van der Waals surface area contributed by atoms with E-state index in [0.717, 1.165) is 25.7 Å². The van der Waals surface area contributed by atoms with E-state index in [0.29, 0.717) is 0 Å². The summed E-state index contributed by atoms with van der Waals surface area (Å²) in [6.07, 6.45) is 4.30. The van der Waals surface area contributed by atoms with Gasteiger partial charge in [-0.3, -0.25) is 4.79 Å². The zero-order valence-corrected chi connectivity index (χ0v) is 5.92. The van der Waals surface area contributed by atoms with Gasteiger partial charge in [0, 0.05) is 5.92 Å². The van der Waals surface area contributed by atoms with Gasteiger partial charge in [-0.05, 0) is 12.8 Å². The van der Waals surface area contributed by atoms with Crippen LogP contribution in [0.1, 0.15) is 25.7 Å². The number of Topliss-reactive ketones (excluding diaryl/α,β-unsaturated/α-hetero) is 1. The maximum atomic E-state index is 11.0. The molecule has 0 heterocycles. The minimum absolute atomic E-state index is 0.00926. The summed E-state index contributed by atoms with van der Waals surface area (Å²) in [5.74, 6) is 0.288. The quantitative estimate of drug-likeness (QED) is 0.549. The Morgan fingerprint density at radius 3 is 2.60 bits per heavy atom. The van der Waals surface area contributed by atoms with Crippen molar-refractivity contribution in [2.24, 2.45) is 11.0 Å². The van der Waals surface area contributed by atoms with Gasteiger partial charge in [0.05, 0.1) is 6.54 Å². The number of nitrogens with zero attached hydrogens (tertiary/aromatic N) is 2. The fourth-order valence-electron chi connectivity index (χ4n) is 1.45. The summed E-state index contributed by atoms with van der Waals surface area (Å²) in [6, 6.07) is 0. The van der Waals surface area contributed by atoms with Gasteiger partial charge in [0.15, 0.2) is 5.78 Å². The zero-order valence-electron chi connectivity index (χ0n) is 5.92. The standard InChI is InChI=1S/C7H11N2O/c8-9-5-7(10)6-3-1-2-4-6/h6H,1-5H2/q-1. The average molecular weight is 139 g/mol. The Kier molecular flexibility index (Phi) is 2.54. The van der Waals surface area contributed by atoms with Crippen LogP contribution in [0.3, 0.4) is 0 Å². The summed E-state index contributed by atoms with van der Waals surface area (Å²) in [5.41, 5.74) is 8.10. The van der Waals surface area contributed by atoms with Crippen molar-refractivity contribution in [3.8, 4) is 0 Å². The Labute approximate surface area is 60.3 Å². The molecule has 0 aliphatic heterocycles. The molecule has 3 heteroatoms. The number of hydrogen-bond acceptors (Lipinski definition) is 2. The Bertz CT molecular complexity index is 139. The van der Waals surface area contributed by atoms with Gasteiger partial charge in [-0.25, -0.2) is 0 Å². The van der Waals surface area contributed by atoms with Gasteiger partial charge in [0.2, 0.25) is 0 Å². The molecule has 0 unspecified atom stereocenters. The third kappa shape index (κ3) is 1.62. The molecule has 1 aliphatic rings. The Morgan fingerprint density at radius 1 is 1.50 bits per heavy atom. The van der Waals surface area contributed by atoms with E-state index in [2.05, 4.69) is 5.11 Å². The maximum absolute atomic E-state index is 11.0. The van der Waals surface area contributed by atoms with Gasteiger partial charge in [0.25, 0.3) is 0 Å². The van der Waals surface area contributed by atoms with Crippen molar-refractivity contribution in [1.82, 2.24) is 0 Å². The minimum atomic E-state index is -0.00926. The summed E-state index contributed by atoms with van der Waals surface area (Å²) >= 11 is 0. The molecule has 0 saturated heterocycles. The molecule has 0 spiro atoms. The van der Waals surface area contributed by atoms with Crippen molar-refractivity contribution in [3.05, 3.63) is 5.53 Å². The molecule has 0 aromatic carbocycles. The van der Waals surface area contributed by atoms with Crippen LogP contribution < -0.4 is 0 Å². The average Bonchev–Trinajstić information content (AvgIpc) is 2.38. The molecule has 56 valence electrons. The van der Waals surface area contributed by atoms with Gasteiger partial charge in [-0.2, -0.15) is 0 Å². The molecule has 0 aromatic heterocycles. The molecule has 1 fully saturated rings. The molecule has 0 radical (unpaired) electrons. The molecular formula is C7H11N2O-. The first-order valence-electron chi connectivity index (χ1n) is 3.68. The zero-order chi connectivity index (χ0) is 7.40. The monoisotopic (exact) mass is 139 g/mol. The van der Waals surface area contributed by atoms with Crippen LogP contribution in [0.2, 0.25) is 0 Å². The summed E-state index contributed by atoms with van der Waals surface area (Å²) in [7, 11) is 0. The van der Waals surface area contributed by atoms with Crippen molar-refractivity contribution in [2.45, 2.75) is 25.7 Å². The lowest BCUT2D eigenvalue weighted by Gasteiger charge is -2.04. The molecule has 10 heavy (non-hydrogen) atoms. The first-order valence-corrected chi connectivity index (χ1v) is 3.68. The van der Waals surface area contributed by atoms with Crippen molar-refractivity contribution in [2.75, 3.05) is 6.54 Å². The number of ketones is 1. The van der Waals surface area contributed by atoms with E-state index in [9.17, 15) is 4.79 Å². The van der Waals surface area contributed by atoms with Crippen LogP contribution in [-0.2, 0) is 4.79 Å². The van der Waals surface area contributed by atoms with E-state index in [-0.39, 0.29) is 18.2 Å². The summed E-state index contributed by atoms with van der Waals surface area (Å²) in [5, 5.41) is 2.83. The Hall–Kier alpha value is -0.730. The molecule has 1 saturated carbocycles. The molecule has 0 bridgehead atoms. The van der Waals surface area contributed by atoms with E-state index < -0.39 is 0 Å². The van der Waals surface area contributed by atoms with E-state index in [1.54, 1.807) is 0 Å². The number of rotatable bonds is 3. The van der Waals surface area contributed by atoms with E-state index in [4.69, 9.17) is 5.53 Å². The second kappa shape index (κ2) is 3.44. The number of carbonyl (C=O) groups is 1. The molecule has 1 rings (SSSR count). The smallest absolute Gasteiger partial charge is 0.155 e. The van der Waals surface area contributed by atoms with Gasteiger partial charge in [0.1, 0.15) is 0 Å². The largest absolute Gasteiger partial charge is 0.712 e.